The van der Waals surface area contributed by atoms with Crippen LogP contribution in [-0.2, 0) is 10.1 Å². The second-order valence-electron chi connectivity index (χ2n) is 2.06. The van der Waals surface area contributed by atoms with Crippen molar-refractivity contribution in [3.05, 3.63) is 24.3 Å². The second-order valence-corrected chi connectivity index (χ2v) is 3.44. The molecular weight excluding hydrogens is 203 g/mol. The van der Waals surface area contributed by atoms with Crippen molar-refractivity contribution in [1.82, 2.24) is 0 Å². The van der Waals surface area contributed by atoms with Crippen LogP contribution in [0.3, 0.4) is 0 Å². The van der Waals surface area contributed by atoms with Crippen LogP contribution in [0.2, 0.25) is 0 Å². The van der Waals surface area contributed by atoms with Gasteiger partial charge in [-0.15, -0.1) is 0 Å². The summed E-state index contributed by atoms with van der Waals surface area (Å²) < 4.78 is 31.2. The van der Waals surface area contributed by atoms with E-state index in [1.165, 1.54) is 12.1 Å². The predicted molar refractivity (Wildman–Crippen MR) is 39.2 cm³/mol. The maximum absolute atomic E-state index is 10.4. The van der Waals surface area contributed by atoms with Crippen LogP contribution < -0.4 is 29.6 Å². The quantitative estimate of drug-likeness (QED) is 0.355. The molecule has 0 aliphatic carbocycles. The monoisotopic (exact) mass is 208 g/mol. The van der Waals surface area contributed by atoms with Gasteiger partial charge in [0, 0.05) is 0 Å². The molecule has 0 atom stereocenters. The maximum atomic E-state index is 10.4. The van der Waals surface area contributed by atoms with E-state index in [1.807, 2.05) is 0 Å². The van der Waals surface area contributed by atoms with Crippen molar-refractivity contribution in [2.45, 2.75) is 4.90 Å². The van der Waals surface area contributed by atoms with Crippen LogP contribution in [-0.4, -0.2) is 13.0 Å². The first-order valence-corrected chi connectivity index (χ1v) is 4.38. The topological polar surface area (TPSA) is 93.4 Å². The molecule has 0 spiro atoms. The Morgan fingerprint density at radius 3 is 2.00 bits per heavy atom. The van der Waals surface area contributed by atoms with Crippen molar-refractivity contribution in [2.75, 3.05) is 0 Å². The van der Waals surface area contributed by atoms with Gasteiger partial charge in [0.05, 0.1) is 10.6 Å². The summed E-state index contributed by atoms with van der Waals surface area (Å²) in [5.74, 6) is 0. The van der Waals surface area contributed by atoms with Crippen LogP contribution in [0.4, 0.5) is 5.69 Å². The van der Waals surface area contributed by atoms with E-state index in [2.05, 4.69) is 5.11 Å². The summed E-state index contributed by atoms with van der Waals surface area (Å²) in [4.78, 5) is -0.310. The Kier molecular flexibility index (Phi) is 4.72. The average Bonchev–Trinajstić information content (AvgIpc) is 2.03. The van der Waals surface area contributed by atoms with Crippen molar-refractivity contribution >= 4 is 15.8 Å². The summed E-state index contributed by atoms with van der Waals surface area (Å²) in [6, 6.07) is 4.82. The zero-order valence-electron chi connectivity index (χ0n) is 6.89. The molecule has 64 valence electrons. The normalized spacial score (nSPS) is 10.2. The molecule has 0 bridgehead atoms. The maximum Gasteiger partial charge on any atom is 1.00 e. The van der Waals surface area contributed by atoms with Crippen LogP contribution in [0.5, 0.6) is 0 Å². The van der Waals surface area contributed by atoms with Gasteiger partial charge in [-0.25, -0.2) is 13.9 Å². The molecule has 0 aromatic heterocycles. The van der Waals surface area contributed by atoms with Crippen molar-refractivity contribution in [3.8, 4) is 0 Å². The molecule has 1 aromatic carbocycles. The molecule has 1 N–H and O–H groups in total. The van der Waals surface area contributed by atoms with Gasteiger partial charge in [-0.05, 0) is 24.3 Å². The number of hydrogen-bond donors (Lipinski definition) is 1. The van der Waals surface area contributed by atoms with Crippen LogP contribution in [0.15, 0.2) is 34.3 Å². The first-order valence-electron chi connectivity index (χ1n) is 2.97. The molecule has 0 radical (unpaired) electrons. The Morgan fingerprint density at radius 1 is 1.23 bits per heavy atom. The number of nitrogens with one attached hydrogen (secondary N) is 1. The molecule has 1 rings (SSSR count). The summed E-state index contributed by atoms with van der Waals surface area (Å²) in [7, 11) is -4.38. The number of benzene rings is 1. The summed E-state index contributed by atoms with van der Waals surface area (Å²) >= 11 is 0. The smallest absolute Gasteiger partial charge is 0.744 e. The Labute approximate surface area is 97.7 Å². The minimum atomic E-state index is -4.38. The Bertz CT molecular complexity index is 387. The molecular formula is C6H5N2NaO3S. The molecule has 0 fully saturated rings. The van der Waals surface area contributed by atoms with Gasteiger partial charge in [-0.1, -0.05) is 0 Å². The zero-order chi connectivity index (χ0) is 9.19. The van der Waals surface area contributed by atoms with E-state index in [0.29, 0.717) is 5.69 Å². The van der Waals surface area contributed by atoms with Crippen LogP contribution in [0.25, 0.3) is 0 Å². The first-order chi connectivity index (χ1) is 5.54. The van der Waals surface area contributed by atoms with Gasteiger partial charge in [-0.2, -0.15) is 5.11 Å². The van der Waals surface area contributed by atoms with E-state index in [9.17, 15) is 13.0 Å². The third-order valence-electron chi connectivity index (χ3n) is 1.25. The molecule has 0 aliphatic heterocycles. The van der Waals surface area contributed by atoms with Gasteiger partial charge in [0.15, 0.2) is 0 Å². The molecule has 0 saturated heterocycles. The van der Waals surface area contributed by atoms with Crippen LogP contribution >= 0.6 is 0 Å². The van der Waals surface area contributed by atoms with Gasteiger partial charge in [-0.3, -0.25) is 0 Å². The van der Waals surface area contributed by atoms with Gasteiger partial charge in [0.1, 0.15) is 10.1 Å². The molecule has 7 heteroatoms. The van der Waals surface area contributed by atoms with Gasteiger partial charge >= 0.3 is 29.6 Å². The van der Waals surface area contributed by atoms with Crippen LogP contribution in [0, 0.1) is 5.53 Å². The Balaban J connectivity index is 0.00000144. The average molecular weight is 208 g/mol. The zero-order valence-corrected chi connectivity index (χ0v) is 9.71. The molecule has 0 saturated carbocycles. The SMILES string of the molecule is N=Nc1ccc(S(=O)(=O)[O-])cc1.[Na+]. The van der Waals surface area contributed by atoms with Gasteiger partial charge in [0.25, 0.3) is 0 Å². The number of nitrogens with zero attached hydrogens (tertiary/aromatic N) is 1. The van der Waals surface area contributed by atoms with E-state index in [1.54, 1.807) is 0 Å². The molecule has 1 aromatic rings. The van der Waals surface area contributed by atoms with Crippen LogP contribution in [0.1, 0.15) is 0 Å². The Morgan fingerprint density at radius 2 is 1.69 bits per heavy atom. The molecule has 5 nitrogen and oxygen atoms in total. The molecule has 0 heterocycles. The minimum Gasteiger partial charge on any atom is -0.744 e. The first kappa shape index (κ1) is 12.7. The van der Waals surface area contributed by atoms with E-state index >= 15 is 0 Å². The minimum absolute atomic E-state index is 0. The molecule has 0 amide bonds. The van der Waals surface area contributed by atoms with E-state index in [4.69, 9.17) is 5.53 Å². The van der Waals surface area contributed by atoms with Crippen molar-refractivity contribution in [2.24, 2.45) is 5.11 Å². The summed E-state index contributed by atoms with van der Waals surface area (Å²) in [5, 5.41) is 3.05. The third kappa shape index (κ3) is 3.53. The summed E-state index contributed by atoms with van der Waals surface area (Å²) in [5.41, 5.74) is 6.88. The second kappa shape index (κ2) is 4.83. The van der Waals surface area contributed by atoms with E-state index < -0.39 is 10.1 Å². The van der Waals surface area contributed by atoms with Crippen molar-refractivity contribution in [3.63, 3.8) is 0 Å². The van der Waals surface area contributed by atoms with Crippen molar-refractivity contribution in [1.29, 1.82) is 5.53 Å². The van der Waals surface area contributed by atoms with E-state index in [-0.39, 0.29) is 34.5 Å². The molecule has 0 aliphatic rings. The fourth-order valence-corrected chi connectivity index (χ4v) is 1.16. The number of hydrogen-bond acceptors (Lipinski definition) is 5. The predicted octanol–water partition coefficient (Wildman–Crippen LogP) is -1.74. The van der Waals surface area contributed by atoms with Gasteiger partial charge in [0.2, 0.25) is 0 Å². The Hall–Kier alpha value is -0.270. The molecule has 0 unspecified atom stereocenters. The third-order valence-corrected chi connectivity index (χ3v) is 2.10. The van der Waals surface area contributed by atoms with Gasteiger partial charge < -0.3 is 4.55 Å². The fraction of sp³-hybridized carbons (Fsp3) is 0. The summed E-state index contributed by atoms with van der Waals surface area (Å²) in [6.07, 6.45) is 0. The van der Waals surface area contributed by atoms with E-state index in [0.717, 1.165) is 12.1 Å². The summed E-state index contributed by atoms with van der Waals surface area (Å²) in [6.45, 7) is 0. The van der Waals surface area contributed by atoms with Crippen molar-refractivity contribution < 1.29 is 42.5 Å². The number of rotatable bonds is 2. The largest absolute Gasteiger partial charge is 1.00 e. The fourth-order valence-electron chi connectivity index (χ4n) is 0.687. The molecule has 13 heavy (non-hydrogen) atoms. The standard InChI is InChI=1S/C6H6N2O3S.Na/c7-8-5-1-3-6(4-2-5)12(9,10)11;/h1-4,7H,(H,9,10,11);/q;+1/p-1.